The monoisotopic (exact) mass is 335 g/mol. The standard InChI is InChI=1S/C19H17N3O3/c23-18-10-9-15(17-8-4-12-25-17)20-22(18)13-19(24)21-11-3-6-14-5-1-2-7-16(14)21/h1-2,4-5,7-10,12H,3,6,11,13H2. The highest BCUT2D eigenvalue weighted by molar-refractivity contribution is 5.94. The quantitative estimate of drug-likeness (QED) is 0.737. The Morgan fingerprint density at radius 2 is 2.00 bits per heavy atom. The number of benzene rings is 1. The van der Waals surface area contributed by atoms with Gasteiger partial charge in [0.1, 0.15) is 12.2 Å². The van der Waals surface area contributed by atoms with Gasteiger partial charge in [0.15, 0.2) is 5.76 Å². The minimum Gasteiger partial charge on any atom is -0.463 e. The predicted octanol–water partition coefficient (Wildman–Crippen LogP) is 2.48. The van der Waals surface area contributed by atoms with Crippen LogP contribution in [0.5, 0.6) is 0 Å². The lowest BCUT2D eigenvalue weighted by Crippen LogP contribution is -2.40. The van der Waals surface area contributed by atoms with Crippen LogP contribution in [-0.2, 0) is 17.8 Å². The minimum atomic E-state index is -0.311. The van der Waals surface area contributed by atoms with Crippen molar-refractivity contribution in [3.05, 3.63) is 70.7 Å². The number of fused-ring (bicyclic) bond motifs is 1. The van der Waals surface area contributed by atoms with Gasteiger partial charge in [0.05, 0.1) is 6.26 Å². The van der Waals surface area contributed by atoms with Crippen LogP contribution < -0.4 is 10.5 Å². The summed E-state index contributed by atoms with van der Waals surface area (Å²) in [5.74, 6) is 0.419. The van der Waals surface area contributed by atoms with Crippen molar-refractivity contribution in [1.82, 2.24) is 9.78 Å². The first kappa shape index (κ1) is 15.4. The second kappa shape index (κ2) is 6.39. The van der Waals surface area contributed by atoms with Gasteiger partial charge >= 0.3 is 0 Å². The molecule has 1 aliphatic heterocycles. The Morgan fingerprint density at radius 3 is 2.84 bits per heavy atom. The van der Waals surface area contributed by atoms with E-state index in [1.54, 1.807) is 29.4 Å². The average Bonchev–Trinajstić information content (AvgIpc) is 3.17. The summed E-state index contributed by atoms with van der Waals surface area (Å²) >= 11 is 0. The summed E-state index contributed by atoms with van der Waals surface area (Å²) in [6, 6.07) is 14.4. The van der Waals surface area contributed by atoms with Crippen LogP contribution in [0.15, 0.2) is 64.0 Å². The zero-order chi connectivity index (χ0) is 17.2. The molecule has 25 heavy (non-hydrogen) atoms. The van der Waals surface area contributed by atoms with Crippen LogP contribution in [-0.4, -0.2) is 22.2 Å². The molecular weight excluding hydrogens is 318 g/mol. The maximum absolute atomic E-state index is 12.8. The number of anilines is 1. The molecule has 126 valence electrons. The third-order valence-electron chi connectivity index (χ3n) is 4.34. The van der Waals surface area contributed by atoms with Gasteiger partial charge in [-0.05, 0) is 42.7 Å². The van der Waals surface area contributed by atoms with Crippen molar-refractivity contribution >= 4 is 11.6 Å². The molecule has 1 aromatic carbocycles. The molecule has 0 aliphatic carbocycles. The zero-order valence-electron chi connectivity index (χ0n) is 13.6. The first-order valence-electron chi connectivity index (χ1n) is 8.23. The van der Waals surface area contributed by atoms with Crippen LogP contribution in [0.3, 0.4) is 0 Å². The Labute approximate surface area is 144 Å². The summed E-state index contributed by atoms with van der Waals surface area (Å²) in [6.45, 7) is 0.560. The molecule has 3 aromatic rings. The Hall–Kier alpha value is -3.15. The number of hydrogen-bond donors (Lipinski definition) is 0. The third kappa shape index (κ3) is 2.98. The van der Waals surface area contributed by atoms with Gasteiger partial charge in [0, 0.05) is 18.3 Å². The molecule has 1 amide bonds. The summed E-state index contributed by atoms with van der Waals surface area (Å²) in [5.41, 5.74) is 2.30. The number of rotatable bonds is 3. The molecule has 0 unspecified atom stereocenters. The molecule has 1 aliphatic rings. The van der Waals surface area contributed by atoms with Crippen molar-refractivity contribution in [2.24, 2.45) is 0 Å². The van der Waals surface area contributed by atoms with Gasteiger partial charge in [-0.1, -0.05) is 18.2 Å². The summed E-state index contributed by atoms with van der Waals surface area (Å²) in [5, 5.41) is 4.27. The van der Waals surface area contributed by atoms with E-state index in [0.29, 0.717) is 18.0 Å². The molecule has 4 rings (SSSR count). The van der Waals surface area contributed by atoms with Crippen molar-refractivity contribution < 1.29 is 9.21 Å². The van der Waals surface area contributed by atoms with E-state index in [2.05, 4.69) is 5.10 Å². The summed E-state index contributed by atoms with van der Waals surface area (Å²) in [7, 11) is 0. The highest BCUT2D eigenvalue weighted by atomic mass is 16.3. The highest BCUT2D eigenvalue weighted by Crippen LogP contribution is 2.26. The molecule has 6 heteroatoms. The second-order valence-electron chi connectivity index (χ2n) is 5.97. The highest BCUT2D eigenvalue weighted by Gasteiger charge is 2.23. The fourth-order valence-corrected chi connectivity index (χ4v) is 3.12. The number of carbonyl (C=O) groups excluding carboxylic acids is 1. The van der Waals surface area contributed by atoms with Gasteiger partial charge in [0.25, 0.3) is 5.56 Å². The summed E-state index contributed by atoms with van der Waals surface area (Å²) in [4.78, 5) is 26.6. The SMILES string of the molecule is O=C(Cn1nc(-c2ccco2)ccc1=O)N1CCCc2ccccc21. The Balaban J connectivity index is 1.62. The normalized spacial score (nSPS) is 13.5. The van der Waals surface area contributed by atoms with E-state index in [0.717, 1.165) is 24.1 Å². The number of carbonyl (C=O) groups is 1. The number of amides is 1. The largest absolute Gasteiger partial charge is 0.463 e. The van der Waals surface area contributed by atoms with Crippen molar-refractivity contribution in [2.45, 2.75) is 19.4 Å². The third-order valence-corrected chi connectivity index (χ3v) is 4.34. The molecule has 6 nitrogen and oxygen atoms in total. The second-order valence-corrected chi connectivity index (χ2v) is 5.97. The summed E-state index contributed by atoms with van der Waals surface area (Å²) in [6.07, 6.45) is 3.42. The van der Waals surface area contributed by atoms with Crippen LogP contribution in [0.4, 0.5) is 5.69 Å². The molecular formula is C19H17N3O3. The van der Waals surface area contributed by atoms with E-state index in [4.69, 9.17) is 4.42 Å². The van der Waals surface area contributed by atoms with Gasteiger partial charge < -0.3 is 9.32 Å². The Morgan fingerprint density at radius 1 is 1.12 bits per heavy atom. The minimum absolute atomic E-state index is 0.0955. The van der Waals surface area contributed by atoms with Crippen LogP contribution in [0.1, 0.15) is 12.0 Å². The smallest absolute Gasteiger partial charge is 0.267 e. The molecule has 0 fully saturated rings. The van der Waals surface area contributed by atoms with Crippen molar-refractivity contribution in [3.63, 3.8) is 0 Å². The predicted molar refractivity (Wildman–Crippen MR) is 93.3 cm³/mol. The van der Waals surface area contributed by atoms with Gasteiger partial charge in [-0.2, -0.15) is 5.10 Å². The topological polar surface area (TPSA) is 68.3 Å². The van der Waals surface area contributed by atoms with Gasteiger partial charge in [-0.3, -0.25) is 9.59 Å². The van der Waals surface area contributed by atoms with Crippen molar-refractivity contribution in [2.75, 3.05) is 11.4 Å². The first-order valence-corrected chi connectivity index (χ1v) is 8.23. The van der Waals surface area contributed by atoms with E-state index in [1.165, 1.54) is 10.7 Å². The average molecular weight is 335 g/mol. The van der Waals surface area contributed by atoms with Gasteiger partial charge in [-0.15, -0.1) is 0 Å². The van der Waals surface area contributed by atoms with E-state index in [1.807, 2.05) is 24.3 Å². The number of aromatic nitrogens is 2. The van der Waals surface area contributed by atoms with E-state index >= 15 is 0 Å². The first-order chi connectivity index (χ1) is 12.2. The van der Waals surface area contributed by atoms with Crippen LogP contribution in [0, 0.1) is 0 Å². The van der Waals surface area contributed by atoms with Crippen molar-refractivity contribution in [1.29, 1.82) is 0 Å². The molecule has 0 bridgehead atoms. The van der Waals surface area contributed by atoms with Gasteiger partial charge in [-0.25, -0.2) is 4.68 Å². The van der Waals surface area contributed by atoms with Crippen molar-refractivity contribution in [3.8, 4) is 11.5 Å². The number of nitrogens with zero attached hydrogens (tertiary/aromatic N) is 3. The maximum atomic E-state index is 12.8. The number of para-hydroxylation sites is 1. The van der Waals surface area contributed by atoms with Gasteiger partial charge in [0.2, 0.25) is 5.91 Å². The fourth-order valence-electron chi connectivity index (χ4n) is 3.12. The van der Waals surface area contributed by atoms with Crippen LogP contribution >= 0.6 is 0 Å². The van der Waals surface area contributed by atoms with Crippen LogP contribution in [0.2, 0.25) is 0 Å². The maximum Gasteiger partial charge on any atom is 0.267 e. The van der Waals surface area contributed by atoms with Crippen LogP contribution in [0.25, 0.3) is 11.5 Å². The Bertz CT molecular complexity index is 960. The number of furan rings is 1. The molecule has 0 saturated carbocycles. The lowest BCUT2D eigenvalue weighted by Gasteiger charge is -2.29. The zero-order valence-corrected chi connectivity index (χ0v) is 13.6. The summed E-state index contributed by atoms with van der Waals surface area (Å²) < 4.78 is 6.50. The lowest BCUT2D eigenvalue weighted by molar-refractivity contribution is -0.119. The molecule has 2 aromatic heterocycles. The molecule has 3 heterocycles. The molecule has 0 N–H and O–H groups in total. The Kier molecular flexibility index (Phi) is 3.93. The van der Waals surface area contributed by atoms with E-state index in [9.17, 15) is 9.59 Å². The lowest BCUT2D eigenvalue weighted by atomic mass is 10.0. The number of hydrogen-bond acceptors (Lipinski definition) is 4. The number of aryl methyl sites for hydroxylation is 1. The fraction of sp³-hybridized carbons (Fsp3) is 0.211. The molecule has 0 saturated heterocycles. The van der Waals surface area contributed by atoms with E-state index in [-0.39, 0.29) is 18.0 Å². The molecule has 0 spiro atoms. The van der Waals surface area contributed by atoms with E-state index < -0.39 is 0 Å². The molecule has 0 atom stereocenters. The molecule has 0 radical (unpaired) electrons.